The lowest BCUT2D eigenvalue weighted by Gasteiger charge is -2.23. The van der Waals surface area contributed by atoms with Gasteiger partial charge in [0.05, 0.1) is 13.2 Å². The lowest BCUT2D eigenvalue weighted by Crippen LogP contribution is -2.29. The maximum absolute atomic E-state index is 13.2. The standard InChI is InChI=1S/C14H21F2NO/c1-5-6-17-13(14(15)16)12-10(3)7-9(2)8-11(12)18-4/h7-8,13-14,17H,5-6H2,1-4H3. The molecule has 0 amide bonds. The molecule has 0 radical (unpaired) electrons. The lowest BCUT2D eigenvalue weighted by atomic mass is 9.97. The third-order valence-corrected chi connectivity index (χ3v) is 2.89. The average molecular weight is 257 g/mol. The molecule has 0 spiro atoms. The van der Waals surface area contributed by atoms with E-state index < -0.39 is 12.5 Å². The second-order valence-electron chi connectivity index (χ2n) is 4.46. The molecular weight excluding hydrogens is 236 g/mol. The first kappa shape index (κ1) is 14.9. The Balaban J connectivity index is 3.17. The van der Waals surface area contributed by atoms with Gasteiger partial charge in [-0.15, -0.1) is 0 Å². The molecule has 0 saturated heterocycles. The van der Waals surface area contributed by atoms with Crippen molar-refractivity contribution in [3.63, 3.8) is 0 Å². The summed E-state index contributed by atoms with van der Waals surface area (Å²) in [4.78, 5) is 0. The van der Waals surface area contributed by atoms with Gasteiger partial charge in [0.15, 0.2) is 0 Å². The summed E-state index contributed by atoms with van der Waals surface area (Å²) in [5.74, 6) is 0.529. The third-order valence-electron chi connectivity index (χ3n) is 2.89. The summed E-state index contributed by atoms with van der Waals surface area (Å²) in [7, 11) is 1.51. The molecule has 1 aromatic carbocycles. The molecule has 1 rings (SSSR count). The zero-order valence-electron chi connectivity index (χ0n) is 11.4. The van der Waals surface area contributed by atoms with Crippen molar-refractivity contribution in [2.24, 2.45) is 0 Å². The van der Waals surface area contributed by atoms with E-state index >= 15 is 0 Å². The zero-order valence-corrected chi connectivity index (χ0v) is 11.4. The maximum Gasteiger partial charge on any atom is 0.257 e. The molecule has 0 heterocycles. The summed E-state index contributed by atoms with van der Waals surface area (Å²) in [5.41, 5.74) is 2.41. The number of rotatable bonds is 6. The molecule has 0 aliphatic carbocycles. The molecule has 0 saturated carbocycles. The molecule has 1 unspecified atom stereocenters. The van der Waals surface area contributed by atoms with Crippen LogP contribution in [0.2, 0.25) is 0 Å². The number of nitrogens with one attached hydrogen (secondary N) is 1. The Labute approximate surface area is 107 Å². The molecule has 4 heteroatoms. The van der Waals surface area contributed by atoms with Crippen LogP contribution < -0.4 is 10.1 Å². The van der Waals surface area contributed by atoms with Gasteiger partial charge in [-0.2, -0.15) is 0 Å². The van der Waals surface area contributed by atoms with Crippen molar-refractivity contribution in [2.45, 2.75) is 39.7 Å². The molecule has 102 valence electrons. The Morgan fingerprint density at radius 1 is 1.28 bits per heavy atom. The number of alkyl halides is 2. The summed E-state index contributed by atoms with van der Waals surface area (Å²) in [6.07, 6.45) is -1.64. The van der Waals surface area contributed by atoms with Crippen molar-refractivity contribution in [1.29, 1.82) is 0 Å². The average Bonchev–Trinajstić information content (AvgIpc) is 2.30. The van der Waals surface area contributed by atoms with Gasteiger partial charge in [-0.1, -0.05) is 13.0 Å². The van der Waals surface area contributed by atoms with E-state index in [-0.39, 0.29) is 0 Å². The van der Waals surface area contributed by atoms with Crippen LogP contribution in [-0.4, -0.2) is 20.1 Å². The monoisotopic (exact) mass is 257 g/mol. The molecular formula is C14H21F2NO. The fourth-order valence-corrected chi connectivity index (χ4v) is 2.12. The van der Waals surface area contributed by atoms with Crippen LogP contribution in [0.25, 0.3) is 0 Å². The van der Waals surface area contributed by atoms with Crippen LogP contribution in [0, 0.1) is 13.8 Å². The highest BCUT2D eigenvalue weighted by molar-refractivity contribution is 5.45. The number of benzene rings is 1. The van der Waals surface area contributed by atoms with E-state index in [1.807, 2.05) is 26.8 Å². The Morgan fingerprint density at radius 2 is 1.94 bits per heavy atom. The van der Waals surface area contributed by atoms with Gasteiger partial charge < -0.3 is 10.1 Å². The first-order chi connectivity index (χ1) is 8.51. The van der Waals surface area contributed by atoms with Gasteiger partial charge in [0.25, 0.3) is 6.43 Å². The van der Waals surface area contributed by atoms with E-state index in [1.54, 1.807) is 6.07 Å². The molecule has 0 fully saturated rings. The van der Waals surface area contributed by atoms with Gasteiger partial charge in [0.1, 0.15) is 5.75 Å². The molecule has 2 nitrogen and oxygen atoms in total. The predicted octanol–water partition coefficient (Wildman–Crippen LogP) is 3.62. The third kappa shape index (κ3) is 3.42. The van der Waals surface area contributed by atoms with E-state index in [0.29, 0.717) is 17.9 Å². The van der Waals surface area contributed by atoms with Gasteiger partial charge in [-0.25, -0.2) is 8.78 Å². The lowest BCUT2D eigenvalue weighted by molar-refractivity contribution is 0.0968. The summed E-state index contributed by atoms with van der Waals surface area (Å²) < 4.78 is 31.6. The Kier molecular flexibility index (Phi) is 5.54. The van der Waals surface area contributed by atoms with Crippen LogP contribution in [0.1, 0.15) is 36.1 Å². The largest absolute Gasteiger partial charge is 0.496 e. The van der Waals surface area contributed by atoms with Crippen molar-refractivity contribution in [3.8, 4) is 5.75 Å². The first-order valence-electron chi connectivity index (χ1n) is 6.17. The summed E-state index contributed by atoms with van der Waals surface area (Å²) >= 11 is 0. The molecule has 0 aliphatic rings. The van der Waals surface area contributed by atoms with Gasteiger partial charge in [-0.05, 0) is 44.0 Å². The fraction of sp³-hybridized carbons (Fsp3) is 0.571. The quantitative estimate of drug-likeness (QED) is 0.840. The smallest absolute Gasteiger partial charge is 0.257 e. The molecule has 1 atom stereocenters. The number of hydrogen-bond donors (Lipinski definition) is 1. The Morgan fingerprint density at radius 3 is 2.44 bits per heavy atom. The van der Waals surface area contributed by atoms with Crippen molar-refractivity contribution < 1.29 is 13.5 Å². The fourth-order valence-electron chi connectivity index (χ4n) is 2.12. The predicted molar refractivity (Wildman–Crippen MR) is 69.5 cm³/mol. The molecule has 0 aliphatic heterocycles. The zero-order chi connectivity index (χ0) is 13.7. The van der Waals surface area contributed by atoms with Crippen LogP contribution in [-0.2, 0) is 0 Å². The van der Waals surface area contributed by atoms with E-state index in [9.17, 15) is 8.78 Å². The van der Waals surface area contributed by atoms with Crippen molar-refractivity contribution >= 4 is 0 Å². The highest BCUT2D eigenvalue weighted by Crippen LogP contribution is 2.33. The van der Waals surface area contributed by atoms with E-state index in [2.05, 4.69) is 5.32 Å². The number of halogens is 2. The van der Waals surface area contributed by atoms with Crippen LogP contribution in [0.4, 0.5) is 8.78 Å². The maximum atomic E-state index is 13.2. The van der Waals surface area contributed by atoms with Gasteiger partial charge >= 0.3 is 0 Å². The summed E-state index contributed by atoms with van der Waals surface area (Å²) in [5, 5.41) is 2.89. The minimum Gasteiger partial charge on any atom is -0.496 e. The molecule has 1 N–H and O–H groups in total. The minimum atomic E-state index is -2.45. The second kappa shape index (κ2) is 6.69. The van der Waals surface area contributed by atoms with Crippen LogP contribution >= 0.6 is 0 Å². The second-order valence-corrected chi connectivity index (χ2v) is 4.46. The SMILES string of the molecule is CCCNC(c1c(C)cc(C)cc1OC)C(F)F. The number of hydrogen-bond acceptors (Lipinski definition) is 2. The van der Waals surface area contributed by atoms with Crippen molar-refractivity contribution in [1.82, 2.24) is 5.32 Å². The van der Waals surface area contributed by atoms with Crippen molar-refractivity contribution in [3.05, 3.63) is 28.8 Å². The summed E-state index contributed by atoms with van der Waals surface area (Å²) in [6, 6.07) is 2.73. The summed E-state index contributed by atoms with van der Waals surface area (Å²) in [6.45, 7) is 6.28. The van der Waals surface area contributed by atoms with Crippen molar-refractivity contribution in [2.75, 3.05) is 13.7 Å². The van der Waals surface area contributed by atoms with Gasteiger partial charge in [0.2, 0.25) is 0 Å². The van der Waals surface area contributed by atoms with Gasteiger partial charge in [-0.3, -0.25) is 0 Å². The van der Waals surface area contributed by atoms with Crippen LogP contribution in [0.5, 0.6) is 5.75 Å². The molecule has 1 aromatic rings. The first-order valence-corrected chi connectivity index (χ1v) is 6.17. The highest BCUT2D eigenvalue weighted by atomic mass is 19.3. The molecule has 0 bridgehead atoms. The molecule has 18 heavy (non-hydrogen) atoms. The number of methoxy groups -OCH3 is 1. The Hall–Kier alpha value is -1.16. The highest BCUT2D eigenvalue weighted by Gasteiger charge is 2.26. The minimum absolute atomic E-state index is 0.529. The van der Waals surface area contributed by atoms with Gasteiger partial charge in [0, 0.05) is 5.56 Å². The van der Waals surface area contributed by atoms with Crippen LogP contribution in [0.3, 0.4) is 0 Å². The molecule has 0 aromatic heterocycles. The normalized spacial score (nSPS) is 12.8. The van der Waals surface area contributed by atoms with E-state index in [1.165, 1.54) is 7.11 Å². The van der Waals surface area contributed by atoms with E-state index in [0.717, 1.165) is 17.5 Å². The number of aryl methyl sites for hydroxylation is 2. The van der Waals surface area contributed by atoms with E-state index in [4.69, 9.17) is 4.74 Å². The number of ether oxygens (including phenoxy) is 1. The van der Waals surface area contributed by atoms with Crippen LogP contribution in [0.15, 0.2) is 12.1 Å². The topological polar surface area (TPSA) is 21.3 Å². The Bertz CT molecular complexity index is 394.